The summed E-state index contributed by atoms with van der Waals surface area (Å²) < 4.78 is 5.44. The van der Waals surface area contributed by atoms with E-state index < -0.39 is 16.7 Å². The molecule has 0 saturated carbocycles. The molecule has 0 aliphatic carbocycles. The van der Waals surface area contributed by atoms with Gasteiger partial charge in [0, 0.05) is 23.3 Å². The van der Waals surface area contributed by atoms with Gasteiger partial charge in [-0.3, -0.25) is 19.7 Å². The van der Waals surface area contributed by atoms with Crippen LogP contribution < -0.4 is 15.5 Å². The van der Waals surface area contributed by atoms with Crippen molar-refractivity contribution >= 4 is 23.7 Å². The molecular weight excluding hydrogens is 352 g/mol. The average molecular weight is 370 g/mol. The average Bonchev–Trinajstić information content (AvgIpc) is 2.67. The highest BCUT2D eigenvalue weighted by atomic mass is 16.6. The van der Waals surface area contributed by atoms with Gasteiger partial charge in [0.25, 0.3) is 17.5 Å². The molecule has 0 bridgehead atoms. The van der Waals surface area contributed by atoms with Crippen LogP contribution in [0.3, 0.4) is 0 Å². The van der Waals surface area contributed by atoms with E-state index in [2.05, 4.69) is 15.8 Å². The molecule has 0 unspecified atom stereocenters. The Hall–Kier alpha value is -3.75. The highest BCUT2D eigenvalue weighted by Crippen LogP contribution is 2.15. The topological polar surface area (TPSA) is 123 Å². The Balaban J connectivity index is 1.84. The second-order valence-electron chi connectivity index (χ2n) is 5.25. The van der Waals surface area contributed by atoms with Crippen LogP contribution in [0.2, 0.25) is 0 Å². The van der Waals surface area contributed by atoms with E-state index in [9.17, 15) is 19.7 Å². The van der Waals surface area contributed by atoms with Gasteiger partial charge in [-0.25, -0.2) is 5.43 Å². The molecular formula is C18H18N4O5. The molecule has 2 amide bonds. The summed E-state index contributed by atoms with van der Waals surface area (Å²) in [5.41, 5.74) is 3.10. The fraction of sp³-hybridized carbons (Fsp3) is 0.167. The normalized spacial score (nSPS) is 10.4. The summed E-state index contributed by atoms with van der Waals surface area (Å²) in [4.78, 5) is 33.7. The Labute approximate surface area is 155 Å². The number of nitro benzene ring substituents is 1. The molecule has 140 valence electrons. The van der Waals surface area contributed by atoms with Crippen LogP contribution in [0.15, 0.2) is 53.6 Å². The third kappa shape index (κ3) is 5.92. The minimum Gasteiger partial charge on any atom is -0.493 e. The number of nitrogens with zero attached hydrogens (tertiary/aromatic N) is 2. The summed E-state index contributed by atoms with van der Waals surface area (Å²) in [6.07, 6.45) is 1.45. The molecule has 2 N–H and O–H groups in total. The standard InChI is InChI=1S/C18H18N4O5/c1-2-27-16-6-4-3-5-14(16)11-20-21-17(23)12-19-18(24)13-7-9-15(10-8-13)22(25)26/h3-11H,2,12H2,1H3,(H,19,24)(H,21,23)/b20-11-. The quantitative estimate of drug-likeness (QED) is 0.417. The van der Waals surface area contributed by atoms with Crippen LogP contribution in [0.4, 0.5) is 5.69 Å². The number of non-ortho nitro benzene ring substituents is 1. The van der Waals surface area contributed by atoms with Gasteiger partial charge in [0.1, 0.15) is 5.75 Å². The van der Waals surface area contributed by atoms with Crippen LogP contribution in [0, 0.1) is 10.1 Å². The zero-order valence-electron chi connectivity index (χ0n) is 14.5. The molecule has 0 aliphatic heterocycles. The Morgan fingerprint density at radius 3 is 2.56 bits per heavy atom. The lowest BCUT2D eigenvalue weighted by molar-refractivity contribution is -0.384. The van der Waals surface area contributed by atoms with Crippen molar-refractivity contribution in [2.24, 2.45) is 5.10 Å². The fourth-order valence-electron chi connectivity index (χ4n) is 2.08. The molecule has 0 fully saturated rings. The SMILES string of the molecule is CCOc1ccccc1/C=N\NC(=O)CNC(=O)c1ccc([N+](=O)[O-])cc1. The summed E-state index contributed by atoms with van der Waals surface area (Å²) in [6.45, 7) is 2.08. The molecule has 27 heavy (non-hydrogen) atoms. The Kier molecular flexibility index (Phi) is 7.00. The number of rotatable bonds is 8. The molecule has 2 aromatic carbocycles. The minimum absolute atomic E-state index is 0.119. The van der Waals surface area contributed by atoms with Crippen LogP contribution >= 0.6 is 0 Å². The maximum absolute atomic E-state index is 11.9. The minimum atomic E-state index is -0.559. The van der Waals surface area contributed by atoms with Crippen molar-refractivity contribution in [2.45, 2.75) is 6.92 Å². The van der Waals surface area contributed by atoms with Crippen molar-refractivity contribution in [3.8, 4) is 5.75 Å². The van der Waals surface area contributed by atoms with Gasteiger partial charge >= 0.3 is 0 Å². The fourth-order valence-corrected chi connectivity index (χ4v) is 2.08. The number of amides is 2. The number of hydrogen-bond acceptors (Lipinski definition) is 6. The predicted octanol–water partition coefficient (Wildman–Crippen LogP) is 1.87. The lowest BCUT2D eigenvalue weighted by atomic mass is 10.2. The van der Waals surface area contributed by atoms with Crippen molar-refractivity contribution in [2.75, 3.05) is 13.2 Å². The predicted molar refractivity (Wildman–Crippen MR) is 98.8 cm³/mol. The van der Waals surface area contributed by atoms with Gasteiger partial charge in [-0.1, -0.05) is 12.1 Å². The van der Waals surface area contributed by atoms with Crippen molar-refractivity contribution in [3.63, 3.8) is 0 Å². The molecule has 9 heteroatoms. The highest BCUT2D eigenvalue weighted by molar-refractivity contribution is 5.96. The number of hydrogen-bond donors (Lipinski definition) is 2. The summed E-state index contributed by atoms with van der Waals surface area (Å²) >= 11 is 0. The van der Waals surface area contributed by atoms with Gasteiger partial charge in [-0.05, 0) is 31.2 Å². The zero-order valence-corrected chi connectivity index (χ0v) is 14.5. The Morgan fingerprint density at radius 1 is 1.19 bits per heavy atom. The first-order valence-electron chi connectivity index (χ1n) is 8.07. The van der Waals surface area contributed by atoms with E-state index >= 15 is 0 Å². The number of carbonyl (C=O) groups is 2. The lowest BCUT2D eigenvalue weighted by Crippen LogP contribution is -2.34. The largest absolute Gasteiger partial charge is 0.493 e. The van der Waals surface area contributed by atoms with Gasteiger partial charge in [0.05, 0.1) is 24.3 Å². The van der Waals surface area contributed by atoms with Crippen molar-refractivity contribution in [1.29, 1.82) is 0 Å². The molecule has 0 atom stereocenters. The van der Waals surface area contributed by atoms with E-state index in [4.69, 9.17) is 4.74 Å². The zero-order chi connectivity index (χ0) is 19.6. The monoisotopic (exact) mass is 370 g/mol. The molecule has 2 rings (SSSR count). The molecule has 0 aliphatic rings. The van der Waals surface area contributed by atoms with Crippen LogP contribution in [0.25, 0.3) is 0 Å². The van der Waals surface area contributed by atoms with E-state index in [0.29, 0.717) is 17.9 Å². The molecule has 0 radical (unpaired) electrons. The van der Waals surface area contributed by atoms with Crippen molar-refractivity contribution in [3.05, 3.63) is 69.8 Å². The van der Waals surface area contributed by atoms with Crippen molar-refractivity contribution < 1.29 is 19.2 Å². The number of para-hydroxylation sites is 1. The van der Waals surface area contributed by atoms with Crippen molar-refractivity contribution in [1.82, 2.24) is 10.7 Å². The second-order valence-corrected chi connectivity index (χ2v) is 5.25. The third-order valence-electron chi connectivity index (χ3n) is 3.36. The maximum Gasteiger partial charge on any atom is 0.269 e. The lowest BCUT2D eigenvalue weighted by Gasteiger charge is -2.06. The number of benzene rings is 2. The summed E-state index contributed by atoms with van der Waals surface area (Å²) in [5, 5.41) is 16.8. The van der Waals surface area contributed by atoms with Crippen LogP contribution in [0.1, 0.15) is 22.8 Å². The van der Waals surface area contributed by atoms with E-state index in [0.717, 1.165) is 0 Å². The molecule has 0 saturated heterocycles. The van der Waals surface area contributed by atoms with E-state index in [-0.39, 0.29) is 17.8 Å². The first kappa shape index (κ1) is 19.6. The smallest absolute Gasteiger partial charge is 0.269 e. The molecule has 0 heterocycles. The molecule has 9 nitrogen and oxygen atoms in total. The number of hydrazone groups is 1. The number of carbonyl (C=O) groups excluding carboxylic acids is 2. The van der Waals surface area contributed by atoms with E-state index in [1.54, 1.807) is 12.1 Å². The molecule has 0 aromatic heterocycles. The number of nitrogens with one attached hydrogen (secondary N) is 2. The van der Waals surface area contributed by atoms with Crippen LogP contribution in [0.5, 0.6) is 5.75 Å². The summed E-state index contributed by atoms with van der Waals surface area (Å²) in [5.74, 6) is -0.398. The van der Waals surface area contributed by atoms with E-state index in [1.807, 2.05) is 19.1 Å². The molecule has 0 spiro atoms. The van der Waals surface area contributed by atoms with E-state index in [1.165, 1.54) is 30.5 Å². The number of ether oxygens (including phenoxy) is 1. The highest BCUT2D eigenvalue weighted by Gasteiger charge is 2.10. The molecule has 2 aromatic rings. The Morgan fingerprint density at radius 2 is 1.89 bits per heavy atom. The summed E-state index contributed by atoms with van der Waals surface area (Å²) in [7, 11) is 0. The van der Waals surface area contributed by atoms with Crippen LogP contribution in [-0.4, -0.2) is 36.1 Å². The van der Waals surface area contributed by atoms with Gasteiger partial charge in [-0.2, -0.15) is 5.10 Å². The van der Waals surface area contributed by atoms with Gasteiger partial charge in [0.2, 0.25) is 0 Å². The first-order chi connectivity index (χ1) is 13.0. The number of nitro groups is 1. The van der Waals surface area contributed by atoms with Gasteiger partial charge in [0.15, 0.2) is 0 Å². The summed E-state index contributed by atoms with van der Waals surface area (Å²) in [6, 6.07) is 12.3. The maximum atomic E-state index is 11.9. The van der Waals surface area contributed by atoms with Gasteiger partial charge in [-0.15, -0.1) is 0 Å². The van der Waals surface area contributed by atoms with Gasteiger partial charge < -0.3 is 10.1 Å². The first-order valence-corrected chi connectivity index (χ1v) is 8.07. The van der Waals surface area contributed by atoms with Crippen LogP contribution in [-0.2, 0) is 4.79 Å². The second kappa shape index (κ2) is 9.66. The third-order valence-corrected chi connectivity index (χ3v) is 3.36. The Bertz CT molecular complexity index is 849.